The van der Waals surface area contributed by atoms with Crippen molar-refractivity contribution in [2.75, 3.05) is 18.8 Å². The van der Waals surface area contributed by atoms with Crippen molar-refractivity contribution in [3.63, 3.8) is 0 Å². The summed E-state index contributed by atoms with van der Waals surface area (Å²) in [5.41, 5.74) is 8.09. The summed E-state index contributed by atoms with van der Waals surface area (Å²) in [6.45, 7) is 2.95. The van der Waals surface area contributed by atoms with Crippen LogP contribution in [0.5, 0.6) is 0 Å². The monoisotopic (exact) mass is 382 g/mol. The number of anilines is 1. The van der Waals surface area contributed by atoms with Crippen LogP contribution in [0.3, 0.4) is 0 Å². The Morgan fingerprint density at radius 1 is 1.16 bits per heavy atom. The van der Waals surface area contributed by atoms with Gasteiger partial charge in [0.15, 0.2) is 0 Å². The summed E-state index contributed by atoms with van der Waals surface area (Å²) in [5.74, 6) is -0.128. The van der Waals surface area contributed by atoms with Crippen LogP contribution in [-0.2, 0) is 6.54 Å². The summed E-state index contributed by atoms with van der Waals surface area (Å²) in [5, 5.41) is 3.07. The van der Waals surface area contributed by atoms with Gasteiger partial charge in [0.2, 0.25) is 0 Å². The van der Waals surface area contributed by atoms with Crippen LogP contribution in [0.25, 0.3) is 0 Å². The van der Waals surface area contributed by atoms with Crippen LogP contribution < -0.4 is 11.1 Å². The molecule has 5 nitrogen and oxygen atoms in total. The largest absolute Gasteiger partial charge is 0.398 e. The van der Waals surface area contributed by atoms with Crippen molar-refractivity contribution in [3.05, 3.63) is 59.9 Å². The standard InChI is InChI=1S/C18H22N4O.2ClH/c19-17-6-9-20-12-16(17)18(23)21-15-7-10-22(11-8-15)13-14-4-2-1-3-5-14;;/h1-6,9,12,15H,7-8,10-11,13H2,(H2,19,20)(H,21,23);2*1H. The van der Waals surface area contributed by atoms with Crippen LogP contribution in [-0.4, -0.2) is 34.9 Å². The zero-order chi connectivity index (χ0) is 16.1. The number of amides is 1. The summed E-state index contributed by atoms with van der Waals surface area (Å²) in [7, 11) is 0. The molecule has 3 rings (SSSR count). The molecule has 0 unspecified atom stereocenters. The molecule has 3 N–H and O–H groups in total. The summed E-state index contributed by atoms with van der Waals surface area (Å²) >= 11 is 0. The Morgan fingerprint density at radius 2 is 1.84 bits per heavy atom. The van der Waals surface area contributed by atoms with E-state index < -0.39 is 0 Å². The van der Waals surface area contributed by atoms with Crippen LogP contribution in [0.1, 0.15) is 28.8 Å². The predicted octanol–water partition coefficient (Wildman–Crippen LogP) is 2.90. The van der Waals surface area contributed by atoms with Crippen LogP contribution in [0, 0.1) is 0 Å². The van der Waals surface area contributed by atoms with E-state index in [0.717, 1.165) is 32.5 Å². The Kier molecular flexibility index (Phi) is 8.69. The van der Waals surface area contributed by atoms with Crippen molar-refractivity contribution >= 4 is 36.4 Å². The van der Waals surface area contributed by atoms with Crippen LogP contribution in [0.2, 0.25) is 0 Å². The molecule has 0 bridgehead atoms. The number of benzene rings is 1. The number of piperidine rings is 1. The third kappa shape index (κ3) is 5.88. The van der Waals surface area contributed by atoms with E-state index in [1.54, 1.807) is 12.3 Å². The highest BCUT2D eigenvalue weighted by molar-refractivity contribution is 5.98. The lowest BCUT2D eigenvalue weighted by Gasteiger charge is -2.32. The Bertz CT molecular complexity index is 661. The van der Waals surface area contributed by atoms with Crippen LogP contribution in [0.15, 0.2) is 48.8 Å². The van der Waals surface area contributed by atoms with Gasteiger partial charge in [0.05, 0.1) is 5.56 Å². The minimum Gasteiger partial charge on any atom is -0.398 e. The number of aromatic nitrogens is 1. The lowest BCUT2D eigenvalue weighted by Crippen LogP contribution is -2.44. The Balaban J connectivity index is 0.00000156. The number of nitrogens with two attached hydrogens (primary N) is 1. The fraction of sp³-hybridized carbons (Fsp3) is 0.333. The minimum atomic E-state index is -0.128. The van der Waals surface area contributed by atoms with E-state index in [4.69, 9.17) is 5.73 Å². The topological polar surface area (TPSA) is 71.2 Å². The second-order valence-corrected chi connectivity index (χ2v) is 5.97. The summed E-state index contributed by atoms with van der Waals surface area (Å²) in [6, 6.07) is 12.3. The maximum atomic E-state index is 12.3. The van der Waals surface area contributed by atoms with Gasteiger partial charge in [-0.25, -0.2) is 0 Å². The molecule has 2 heterocycles. The van der Waals surface area contributed by atoms with E-state index in [2.05, 4.69) is 39.5 Å². The summed E-state index contributed by atoms with van der Waals surface area (Å²) in [4.78, 5) is 18.7. The van der Waals surface area contributed by atoms with Crippen molar-refractivity contribution in [2.24, 2.45) is 0 Å². The molecule has 0 aliphatic carbocycles. The van der Waals surface area contributed by atoms with Gasteiger partial charge in [-0.1, -0.05) is 30.3 Å². The van der Waals surface area contributed by atoms with Crippen LogP contribution in [0.4, 0.5) is 5.69 Å². The molecule has 136 valence electrons. The zero-order valence-corrected chi connectivity index (χ0v) is 15.6. The normalized spacial score (nSPS) is 14.9. The first-order valence-electron chi connectivity index (χ1n) is 7.99. The first-order chi connectivity index (χ1) is 11.2. The number of halogens is 2. The highest BCUT2D eigenvalue weighted by Crippen LogP contribution is 2.15. The molecule has 1 fully saturated rings. The molecule has 1 aliphatic heterocycles. The molecular weight excluding hydrogens is 359 g/mol. The van der Waals surface area contributed by atoms with Gasteiger partial charge in [0.25, 0.3) is 5.91 Å². The predicted molar refractivity (Wildman–Crippen MR) is 105 cm³/mol. The minimum absolute atomic E-state index is 0. The zero-order valence-electron chi connectivity index (χ0n) is 13.9. The van der Waals surface area contributed by atoms with Gasteiger partial charge in [-0.05, 0) is 24.5 Å². The van der Waals surface area contributed by atoms with E-state index in [9.17, 15) is 4.79 Å². The molecule has 0 radical (unpaired) electrons. The number of carbonyl (C=O) groups is 1. The molecule has 1 amide bonds. The van der Waals surface area contributed by atoms with Crippen molar-refractivity contribution < 1.29 is 4.79 Å². The highest BCUT2D eigenvalue weighted by Gasteiger charge is 2.21. The maximum Gasteiger partial charge on any atom is 0.255 e. The van der Waals surface area contributed by atoms with Crippen molar-refractivity contribution in [1.29, 1.82) is 0 Å². The van der Waals surface area contributed by atoms with Gasteiger partial charge in [-0.2, -0.15) is 0 Å². The second kappa shape index (κ2) is 10.2. The molecule has 2 aromatic rings. The van der Waals surface area contributed by atoms with E-state index in [0.29, 0.717) is 11.3 Å². The Hall–Kier alpha value is -1.82. The summed E-state index contributed by atoms with van der Waals surface area (Å²) < 4.78 is 0. The van der Waals surface area contributed by atoms with E-state index in [1.165, 1.54) is 11.8 Å². The third-order valence-corrected chi connectivity index (χ3v) is 4.27. The molecule has 25 heavy (non-hydrogen) atoms. The average Bonchev–Trinajstić information content (AvgIpc) is 2.58. The molecule has 1 aromatic heterocycles. The number of nitrogens with zero attached hydrogens (tertiary/aromatic N) is 2. The molecule has 0 atom stereocenters. The third-order valence-electron chi connectivity index (χ3n) is 4.27. The Labute approximate surface area is 160 Å². The summed E-state index contributed by atoms with van der Waals surface area (Å²) in [6.07, 6.45) is 5.03. The lowest BCUT2D eigenvalue weighted by molar-refractivity contribution is 0.0909. The van der Waals surface area contributed by atoms with Gasteiger partial charge in [0.1, 0.15) is 0 Å². The maximum absolute atomic E-state index is 12.3. The number of likely N-dealkylation sites (tertiary alicyclic amines) is 1. The number of pyridine rings is 1. The van der Waals surface area contributed by atoms with Crippen molar-refractivity contribution in [1.82, 2.24) is 15.2 Å². The second-order valence-electron chi connectivity index (χ2n) is 5.97. The van der Waals surface area contributed by atoms with E-state index >= 15 is 0 Å². The van der Waals surface area contributed by atoms with Gasteiger partial charge >= 0.3 is 0 Å². The van der Waals surface area contributed by atoms with Gasteiger partial charge in [-0.3, -0.25) is 14.7 Å². The highest BCUT2D eigenvalue weighted by atomic mass is 35.5. The molecule has 7 heteroatoms. The van der Waals surface area contributed by atoms with Gasteiger partial charge < -0.3 is 11.1 Å². The molecule has 1 aliphatic rings. The first-order valence-corrected chi connectivity index (χ1v) is 7.99. The molecule has 1 aromatic carbocycles. The van der Waals surface area contributed by atoms with Gasteiger partial charge in [0, 0.05) is 43.8 Å². The number of hydrogen-bond acceptors (Lipinski definition) is 4. The van der Waals surface area contributed by atoms with Gasteiger partial charge in [-0.15, -0.1) is 24.8 Å². The van der Waals surface area contributed by atoms with E-state index in [-0.39, 0.29) is 36.8 Å². The van der Waals surface area contributed by atoms with E-state index in [1.807, 2.05) is 6.07 Å². The van der Waals surface area contributed by atoms with Crippen LogP contribution >= 0.6 is 24.8 Å². The van der Waals surface area contributed by atoms with Crippen molar-refractivity contribution in [3.8, 4) is 0 Å². The molecule has 1 saturated heterocycles. The van der Waals surface area contributed by atoms with Crippen molar-refractivity contribution in [2.45, 2.75) is 25.4 Å². The smallest absolute Gasteiger partial charge is 0.255 e. The first kappa shape index (κ1) is 21.2. The molecular formula is C18H24Cl2N4O. The lowest BCUT2D eigenvalue weighted by atomic mass is 10.0. The average molecular weight is 383 g/mol. The number of carbonyl (C=O) groups excluding carboxylic acids is 1. The number of nitrogens with one attached hydrogen (secondary N) is 1. The SMILES string of the molecule is Cl.Cl.Nc1ccncc1C(=O)NC1CCN(Cc2ccccc2)CC1. The Morgan fingerprint density at radius 3 is 2.48 bits per heavy atom. The molecule has 0 spiro atoms. The fourth-order valence-corrected chi connectivity index (χ4v) is 2.94. The number of nitrogen functional groups attached to an aromatic ring is 1. The number of hydrogen-bond donors (Lipinski definition) is 2. The quantitative estimate of drug-likeness (QED) is 0.852. The molecule has 0 saturated carbocycles. The fourth-order valence-electron chi connectivity index (χ4n) is 2.94. The number of rotatable bonds is 4.